The minimum absolute atomic E-state index is 0.665. The van der Waals surface area contributed by atoms with Crippen LogP contribution in [0.5, 0.6) is 0 Å². The molecule has 1 aliphatic heterocycles. The summed E-state index contributed by atoms with van der Waals surface area (Å²) in [7, 11) is 0. The summed E-state index contributed by atoms with van der Waals surface area (Å²) in [6, 6.07) is 3.76. The lowest BCUT2D eigenvalue weighted by atomic mass is 9.96. The van der Waals surface area contributed by atoms with Gasteiger partial charge in [-0.1, -0.05) is 0 Å². The SMILES string of the molecule is Nc1ccc2nc(CC3CCCNC3)nn2c1. The van der Waals surface area contributed by atoms with Crippen molar-refractivity contribution < 1.29 is 0 Å². The predicted octanol–water partition coefficient (Wildman–Crippen LogP) is 0.854. The van der Waals surface area contributed by atoms with Gasteiger partial charge in [-0.15, -0.1) is 0 Å². The van der Waals surface area contributed by atoms with Crippen LogP contribution in [0.4, 0.5) is 5.69 Å². The average Bonchev–Trinajstić information content (AvgIpc) is 2.71. The van der Waals surface area contributed by atoms with Crippen molar-refractivity contribution in [2.45, 2.75) is 19.3 Å². The fourth-order valence-electron chi connectivity index (χ4n) is 2.39. The van der Waals surface area contributed by atoms with Gasteiger partial charge >= 0.3 is 0 Å². The number of pyridine rings is 1. The van der Waals surface area contributed by atoms with Crippen molar-refractivity contribution in [1.82, 2.24) is 19.9 Å². The summed E-state index contributed by atoms with van der Waals surface area (Å²) in [5, 5.41) is 7.88. The maximum absolute atomic E-state index is 5.72. The summed E-state index contributed by atoms with van der Waals surface area (Å²) in [6.45, 7) is 2.23. The van der Waals surface area contributed by atoms with Crippen molar-refractivity contribution in [3.05, 3.63) is 24.2 Å². The summed E-state index contributed by atoms with van der Waals surface area (Å²) >= 11 is 0. The van der Waals surface area contributed by atoms with Crippen molar-refractivity contribution >= 4 is 11.3 Å². The van der Waals surface area contributed by atoms with Gasteiger partial charge in [0, 0.05) is 6.42 Å². The molecule has 0 spiro atoms. The van der Waals surface area contributed by atoms with Crippen LogP contribution in [0.25, 0.3) is 5.65 Å². The number of nitrogens with zero attached hydrogens (tertiary/aromatic N) is 3. The van der Waals surface area contributed by atoms with Crippen molar-refractivity contribution in [3.63, 3.8) is 0 Å². The molecule has 0 bridgehead atoms. The summed E-state index contributed by atoms with van der Waals surface area (Å²) in [4.78, 5) is 4.52. The van der Waals surface area contributed by atoms with E-state index in [1.165, 1.54) is 12.8 Å². The van der Waals surface area contributed by atoms with Gasteiger partial charge in [0.1, 0.15) is 0 Å². The van der Waals surface area contributed by atoms with E-state index in [1.807, 2.05) is 18.3 Å². The first kappa shape index (κ1) is 10.5. The topological polar surface area (TPSA) is 68.2 Å². The van der Waals surface area contributed by atoms with E-state index < -0.39 is 0 Å². The minimum Gasteiger partial charge on any atom is -0.397 e. The summed E-state index contributed by atoms with van der Waals surface area (Å²) in [5.74, 6) is 1.59. The number of nitrogen functional groups attached to an aromatic ring is 1. The summed E-state index contributed by atoms with van der Waals surface area (Å²) < 4.78 is 1.76. The van der Waals surface area contributed by atoms with E-state index in [-0.39, 0.29) is 0 Å². The molecular formula is C12H17N5. The smallest absolute Gasteiger partial charge is 0.155 e. The number of aromatic nitrogens is 3. The lowest BCUT2D eigenvalue weighted by Gasteiger charge is -2.21. The van der Waals surface area contributed by atoms with Crippen LogP contribution in [0.15, 0.2) is 18.3 Å². The highest BCUT2D eigenvalue weighted by Crippen LogP contribution is 2.15. The third-order valence-electron chi connectivity index (χ3n) is 3.27. The number of fused-ring (bicyclic) bond motifs is 1. The summed E-state index contributed by atoms with van der Waals surface area (Å²) in [6.07, 6.45) is 5.29. The molecule has 1 atom stereocenters. The lowest BCUT2D eigenvalue weighted by molar-refractivity contribution is 0.371. The van der Waals surface area contributed by atoms with E-state index in [9.17, 15) is 0 Å². The lowest BCUT2D eigenvalue weighted by Crippen LogP contribution is -2.31. The van der Waals surface area contributed by atoms with E-state index in [4.69, 9.17) is 5.73 Å². The van der Waals surface area contributed by atoms with E-state index in [2.05, 4.69) is 15.4 Å². The fraction of sp³-hybridized carbons (Fsp3) is 0.500. The Balaban J connectivity index is 1.80. The largest absolute Gasteiger partial charge is 0.397 e. The first-order valence-electron chi connectivity index (χ1n) is 6.13. The second-order valence-electron chi connectivity index (χ2n) is 4.71. The molecule has 0 aromatic carbocycles. The zero-order valence-electron chi connectivity index (χ0n) is 9.76. The third kappa shape index (κ3) is 2.24. The first-order chi connectivity index (χ1) is 8.31. The standard InChI is InChI=1S/C12H17N5/c13-10-3-4-12-15-11(16-17(12)8-10)6-9-2-1-5-14-7-9/h3-4,8-9,14H,1-2,5-7,13H2. The van der Waals surface area contributed by atoms with Gasteiger partial charge in [-0.3, -0.25) is 0 Å². The van der Waals surface area contributed by atoms with Crippen LogP contribution in [0.3, 0.4) is 0 Å². The molecule has 5 nitrogen and oxygen atoms in total. The highest BCUT2D eigenvalue weighted by atomic mass is 15.3. The molecule has 17 heavy (non-hydrogen) atoms. The molecule has 1 saturated heterocycles. The van der Waals surface area contributed by atoms with Gasteiger partial charge in [0.05, 0.1) is 11.9 Å². The minimum atomic E-state index is 0.665. The Labute approximate surface area is 100 Å². The first-order valence-corrected chi connectivity index (χ1v) is 6.13. The quantitative estimate of drug-likeness (QED) is 0.804. The van der Waals surface area contributed by atoms with Crippen LogP contribution in [0.1, 0.15) is 18.7 Å². The molecule has 90 valence electrons. The Morgan fingerprint density at radius 3 is 3.24 bits per heavy atom. The van der Waals surface area contributed by atoms with Crippen LogP contribution < -0.4 is 11.1 Å². The van der Waals surface area contributed by atoms with Crippen molar-refractivity contribution in [2.75, 3.05) is 18.8 Å². The number of anilines is 1. The highest BCUT2D eigenvalue weighted by Gasteiger charge is 2.16. The van der Waals surface area contributed by atoms with Crippen LogP contribution in [0.2, 0.25) is 0 Å². The molecule has 1 aliphatic rings. The van der Waals surface area contributed by atoms with Crippen LogP contribution in [-0.4, -0.2) is 27.7 Å². The molecule has 0 amide bonds. The number of piperidine rings is 1. The molecule has 3 N–H and O–H groups in total. The van der Waals surface area contributed by atoms with E-state index in [1.54, 1.807) is 4.52 Å². The van der Waals surface area contributed by atoms with Crippen molar-refractivity contribution in [3.8, 4) is 0 Å². The Morgan fingerprint density at radius 1 is 1.47 bits per heavy atom. The predicted molar refractivity (Wildman–Crippen MR) is 66.7 cm³/mol. The number of hydrogen-bond acceptors (Lipinski definition) is 4. The van der Waals surface area contributed by atoms with Crippen molar-refractivity contribution in [1.29, 1.82) is 0 Å². The molecule has 5 heteroatoms. The maximum Gasteiger partial charge on any atom is 0.155 e. The van der Waals surface area contributed by atoms with E-state index in [0.29, 0.717) is 11.6 Å². The van der Waals surface area contributed by atoms with E-state index in [0.717, 1.165) is 31.0 Å². The summed E-state index contributed by atoms with van der Waals surface area (Å²) in [5.41, 5.74) is 7.31. The molecule has 0 radical (unpaired) electrons. The van der Waals surface area contributed by atoms with Gasteiger partial charge in [0.15, 0.2) is 11.5 Å². The molecule has 0 saturated carbocycles. The molecule has 3 rings (SSSR count). The fourth-order valence-corrected chi connectivity index (χ4v) is 2.39. The number of rotatable bonds is 2. The van der Waals surface area contributed by atoms with Gasteiger partial charge in [0.25, 0.3) is 0 Å². The van der Waals surface area contributed by atoms with Crippen LogP contribution in [-0.2, 0) is 6.42 Å². The number of nitrogens with two attached hydrogens (primary N) is 1. The van der Waals surface area contributed by atoms with Crippen molar-refractivity contribution in [2.24, 2.45) is 5.92 Å². The van der Waals surface area contributed by atoms with Gasteiger partial charge in [-0.05, 0) is 44.0 Å². The molecule has 1 unspecified atom stereocenters. The maximum atomic E-state index is 5.72. The van der Waals surface area contributed by atoms with Crippen LogP contribution >= 0.6 is 0 Å². The molecule has 1 fully saturated rings. The van der Waals surface area contributed by atoms with Gasteiger partial charge in [-0.25, -0.2) is 9.50 Å². The second-order valence-corrected chi connectivity index (χ2v) is 4.71. The van der Waals surface area contributed by atoms with E-state index >= 15 is 0 Å². The highest BCUT2D eigenvalue weighted by molar-refractivity contribution is 5.46. The Hall–Kier alpha value is -1.62. The average molecular weight is 231 g/mol. The van der Waals surface area contributed by atoms with Crippen LogP contribution in [0, 0.1) is 5.92 Å². The second kappa shape index (κ2) is 4.33. The molecule has 0 aliphatic carbocycles. The Bertz CT molecular complexity index is 513. The molecule has 3 heterocycles. The normalized spacial score (nSPS) is 20.8. The number of nitrogens with one attached hydrogen (secondary N) is 1. The Morgan fingerprint density at radius 2 is 2.41 bits per heavy atom. The zero-order chi connectivity index (χ0) is 11.7. The number of hydrogen-bond donors (Lipinski definition) is 2. The molecule has 2 aromatic heterocycles. The monoisotopic (exact) mass is 231 g/mol. The van der Waals surface area contributed by atoms with Gasteiger partial charge < -0.3 is 11.1 Å². The van der Waals surface area contributed by atoms with Gasteiger partial charge in [0.2, 0.25) is 0 Å². The zero-order valence-corrected chi connectivity index (χ0v) is 9.76. The molecule has 2 aromatic rings. The molecular weight excluding hydrogens is 214 g/mol. The Kier molecular flexibility index (Phi) is 2.68. The third-order valence-corrected chi connectivity index (χ3v) is 3.27. The van der Waals surface area contributed by atoms with Gasteiger partial charge in [-0.2, -0.15) is 5.10 Å².